The Labute approximate surface area is 163 Å². The molecule has 0 saturated heterocycles. The minimum absolute atomic E-state index is 0.0594. The molecular formula is C20H27N5O3. The quantitative estimate of drug-likeness (QED) is 0.666. The number of nitrogens with one attached hydrogen (secondary N) is 2. The van der Waals surface area contributed by atoms with Crippen LogP contribution in [-0.2, 0) is 29.1 Å². The molecule has 1 unspecified atom stereocenters. The van der Waals surface area contributed by atoms with Crippen molar-refractivity contribution in [1.29, 1.82) is 0 Å². The molecule has 1 aliphatic rings. The number of carbonyl (C=O) groups is 2. The zero-order valence-corrected chi connectivity index (χ0v) is 16.2. The van der Waals surface area contributed by atoms with E-state index < -0.39 is 0 Å². The Hall–Kier alpha value is -2.90. The van der Waals surface area contributed by atoms with Gasteiger partial charge in [0.25, 0.3) is 0 Å². The summed E-state index contributed by atoms with van der Waals surface area (Å²) in [7, 11) is 0. The summed E-state index contributed by atoms with van der Waals surface area (Å²) in [5.74, 6) is 0.546. The standard InChI is InChI=1S/C20H27N5O3/c1-15(26)22-17(16-8-3-2-4-9-16)14-19(27)21-11-7-13-25-20(28)24-12-6-5-10-18(24)23-25/h2-4,8-9,17H,5-7,10-14H2,1H3,(H,21,27)(H,22,26). The second-order valence-corrected chi connectivity index (χ2v) is 7.10. The highest BCUT2D eigenvalue weighted by Gasteiger charge is 2.18. The maximum atomic E-state index is 12.3. The lowest BCUT2D eigenvalue weighted by Crippen LogP contribution is -2.33. The van der Waals surface area contributed by atoms with Gasteiger partial charge in [-0.05, 0) is 24.8 Å². The summed E-state index contributed by atoms with van der Waals surface area (Å²) >= 11 is 0. The molecule has 1 aromatic carbocycles. The van der Waals surface area contributed by atoms with Gasteiger partial charge in [0.1, 0.15) is 5.82 Å². The van der Waals surface area contributed by atoms with Gasteiger partial charge in [-0.1, -0.05) is 30.3 Å². The fourth-order valence-corrected chi connectivity index (χ4v) is 3.49. The van der Waals surface area contributed by atoms with Crippen molar-refractivity contribution < 1.29 is 9.59 Å². The number of amides is 2. The van der Waals surface area contributed by atoms with Crippen LogP contribution in [0, 0.1) is 0 Å². The summed E-state index contributed by atoms with van der Waals surface area (Å²) in [6.45, 7) is 3.12. The fraction of sp³-hybridized carbons (Fsp3) is 0.500. The molecular weight excluding hydrogens is 358 g/mol. The summed E-state index contributed by atoms with van der Waals surface area (Å²) in [4.78, 5) is 36.0. The molecule has 3 rings (SSSR count). The highest BCUT2D eigenvalue weighted by atomic mass is 16.2. The Morgan fingerprint density at radius 3 is 2.71 bits per heavy atom. The monoisotopic (exact) mass is 385 g/mol. The molecule has 2 amide bonds. The second kappa shape index (κ2) is 9.34. The van der Waals surface area contributed by atoms with Crippen LogP contribution in [0.5, 0.6) is 0 Å². The van der Waals surface area contributed by atoms with Crippen molar-refractivity contribution in [2.45, 2.75) is 58.2 Å². The molecule has 2 aromatic rings. The van der Waals surface area contributed by atoms with E-state index in [1.165, 1.54) is 11.6 Å². The van der Waals surface area contributed by atoms with Gasteiger partial charge < -0.3 is 10.6 Å². The fourth-order valence-electron chi connectivity index (χ4n) is 3.49. The van der Waals surface area contributed by atoms with Gasteiger partial charge in [-0.15, -0.1) is 0 Å². The van der Waals surface area contributed by atoms with E-state index in [2.05, 4.69) is 15.7 Å². The van der Waals surface area contributed by atoms with Gasteiger partial charge in [-0.25, -0.2) is 9.48 Å². The lowest BCUT2D eigenvalue weighted by Gasteiger charge is -2.18. The average molecular weight is 385 g/mol. The highest BCUT2D eigenvalue weighted by molar-refractivity contribution is 5.79. The molecule has 0 radical (unpaired) electrons. The van der Waals surface area contributed by atoms with Crippen LogP contribution in [0.25, 0.3) is 0 Å². The third kappa shape index (κ3) is 5.09. The third-order valence-electron chi connectivity index (χ3n) is 4.87. The molecule has 0 bridgehead atoms. The molecule has 0 fully saturated rings. The van der Waals surface area contributed by atoms with Crippen LogP contribution in [0.2, 0.25) is 0 Å². The lowest BCUT2D eigenvalue weighted by molar-refractivity contribution is -0.122. The Kier molecular flexibility index (Phi) is 6.62. The number of rotatable bonds is 8. The molecule has 0 spiro atoms. The van der Waals surface area contributed by atoms with E-state index in [1.807, 2.05) is 30.3 Å². The first-order chi connectivity index (χ1) is 13.5. The van der Waals surface area contributed by atoms with Gasteiger partial charge in [0.05, 0.1) is 12.5 Å². The van der Waals surface area contributed by atoms with Crippen molar-refractivity contribution in [3.05, 3.63) is 52.2 Å². The molecule has 1 atom stereocenters. The van der Waals surface area contributed by atoms with Crippen LogP contribution in [-0.4, -0.2) is 32.7 Å². The molecule has 0 saturated carbocycles. The SMILES string of the molecule is CC(=O)NC(CC(=O)NCCCn1nc2n(c1=O)CCCC2)c1ccccc1. The number of fused-ring (bicyclic) bond motifs is 1. The highest BCUT2D eigenvalue weighted by Crippen LogP contribution is 2.16. The molecule has 2 N–H and O–H groups in total. The molecule has 28 heavy (non-hydrogen) atoms. The molecule has 150 valence electrons. The second-order valence-electron chi connectivity index (χ2n) is 7.10. The summed E-state index contributed by atoms with van der Waals surface area (Å²) < 4.78 is 3.25. The maximum Gasteiger partial charge on any atom is 0.345 e. The van der Waals surface area contributed by atoms with Gasteiger partial charge in [0.2, 0.25) is 11.8 Å². The molecule has 8 heteroatoms. The topological polar surface area (TPSA) is 98.0 Å². The van der Waals surface area contributed by atoms with Crippen LogP contribution >= 0.6 is 0 Å². The summed E-state index contributed by atoms with van der Waals surface area (Å²) in [6.07, 6.45) is 3.73. The van der Waals surface area contributed by atoms with E-state index in [9.17, 15) is 14.4 Å². The van der Waals surface area contributed by atoms with Gasteiger partial charge in [0, 0.05) is 33.0 Å². The van der Waals surface area contributed by atoms with Crippen molar-refractivity contribution in [3.63, 3.8) is 0 Å². The number of carbonyl (C=O) groups excluding carboxylic acids is 2. The number of aromatic nitrogens is 3. The minimum atomic E-state index is -0.360. The number of nitrogens with zero attached hydrogens (tertiary/aromatic N) is 3. The normalized spacial score (nSPS) is 14.2. The Morgan fingerprint density at radius 2 is 2.00 bits per heavy atom. The van der Waals surface area contributed by atoms with Crippen molar-refractivity contribution >= 4 is 11.8 Å². The number of hydrogen-bond donors (Lipinski definition) is 2. The molecule has 2 heterocycles. The number of aryl methyl sites for hydroxylation is 2. The molecule has 1 aromatic heterocycles. The number of benzene rings is 1. The smallest absolute Gasteiger partial charge is 0.345 e. The van der Waals surface area contributed by atoms with E-state index in [1.54, 1.807) is 4.57 Å². The first-order valence-corrected chi connectivity index (χ1v) is 9.80. The van der Waals surface area contributed by atoms with Crippen molar-refractivity contribution in [2.24, 2.45) is 0 Å². The lowest BCUT2D eigenvalue weighted by atomic mass is 10.0. The zero-order chi connectivity index (χ0) is 19.9. The van der Waals surface area contributed by atoms with Crippen LogP contribution in [0.15, 0.2) is 35.1 Å². The Morgan fingerprint density at radius 1 is 1.21 bits per heavy atom. The Balaban J connectivity index is 1.48. The van der Waals surface area contributed by atoms with Crippen molar-refractivity contribution in [3.8, 4) is 0 Å². The van der Waals surface area contributed by atoms with Gasteiger partial charge in [-0.3, -0.25) is 14.2 Å². The third-order valence-corrected chi connectivity index (χ3v) is 4.87. The van der Waals surface area contributed by atoms with E-state index in [0.29, 0.717) is 19.5 Å². The van der Waals surface area contributed by atoms with Gasteiger partial charge in [-0.2, -0.15) is 5.10 Å². The van der Waals surface area contributed by atoms with Gasteiger partial charge >= 0.3 is 5.69 Å². The maximum absolute atomic E-state index is 12.3. The van der Waals surface area contributed by atoms with Crippen LogP contribution < -0.4 is 16.3 Å². The average Bonchev–Trinajstić information content (AvgIpc) is 3.01. The molecule has 1 aliphatic heterocycles. The van der Waals surface area contributed by atoms with Crippen LogP contribution in [0.1, 0.15) is 50.0 Å². The zero-order valence-electron chi connectivity index (χ0n) is 16.2. The Bertz CT molecular complexity index is 872. The summed E-state index contributed by atoms with van der Waals surface area (Å²) in [5, 5.41) is 10.1. The van der Waals surface area contributed by atoms with Crippen LogP contribution in [0.4, 0.5) is 0 Å². The van der Waals surface area contributed by atoms with Gasteiger partial charge in [0.15, 0.2) is 0 Å². The minimum Gasteiger partial charge on any atom is -0.356 e. The predicted molar refractivity (Wildman–Crippen MR) is 105 cm³/mol. The van der Waals surface area contributed by atoms with E-state index >= 15 is 0 Å². The van der Waals surface area contributed by atoms with E-state index in [4.69, 9.17) is 0 Å². The first kappa shape index (κ1) is 19.9. The largest absolute Gasteiger partial charge is 0.356 e. The molecule has 0 aliphatic carbocycles. The van der Waals surface area contributed by atoms with Crippen LogP contribution in [0.3, 0.4) is 0 Å². The summed E-state index contributed by atoms with van der Waals surface area (Å²) in [6, 6.07) is 9.07. The predicted octanol–water partition coefficient (Wildman–Crippen LogP) is 1.15. The van der Waals surface area contributed by atoms with Crippen molar-refractivity contribution in [2.75, 3.05) is 6.54 Å². The van der Waals surface area contributed by atoms with E-state index in [-0.39, 0.29) is 30.0 Å². The first-order valence-electron chi connectivity index (χ1n) is 9.80. The van der Waals surface area contributed by atoms with E-state index in [0.717, 1.165) is 37.2 Å². The summed E-state index contributed by atoms with van der Waals surface area (Å²) in [5.41, 5.74) is 0.832. The van der Waals surface area contributed by atoms with Crippen molar-refractivity contribution in [1.82, 2.24) is 25.0 Å². The molecule has 8 nitrogen and oxygen atoms in total. The number of hydrogen-bond acceptors (Lipinski definition) is 4.